The summed E-state index contributed by atoms with van der Waals surface area (Å²) >= 11 is 23.5. The molecule has 0 fully saturated rings. The summed E-state index contributed by atoms with van der Waals surface area (Å²) in [5, 5.41) is 3.10. The average Bonchev–Trinajstić information content (AvgIpc) is 2.52. The second kappa shape index (κ2) is 8.49. The molecule has 0 aliphatic heterocycles. The Morgan fingerprint density at radius 3 is 2.44 bits per heavy atom. The Labute approximate surface area is 162 Å². The molecule has 0 aliphatic rings. The molecule has 0 aliphatic carbocycles. The summed E-state index contributed by atoms with van der Waals surface area (Å²) in [4.78, 5) is 11.6. The highest BCUT2D eigenvalue weighted by atomic mass is 35.5. The van der Waals surface area contributed by atoms with Crippen LogP contribution in [0.4, 0.5) is 14.6 Å². The van der Waals surface area contributed by atoms with Gasteiger partial charge in [-0.3, -0.25) is 0 Å². The Bertz CT molecular complexity index is 779. The van der Waals surface area contributed by atoms with Gasteiger partial charge in [-0.05, 0) is 19.9 Å². The number of hydrogen-bond acceptors (Lipinski definition) is 5. The number of halogens is 6. The summed E-state index contributed by atoms with van der Waals surface area (Å²) in [6, 6.07) is 1.05. The molecule has 0 radical (unpaired) electrons. The van der Waals surface area contributed by atoms with Crippen molar-refractivity contribution in [2.24, 2.45) is 0 Å². The summed E-state index contributed by atoms with van der Waals surface area (Å²) in [5.41, 5.74) is -0.529. The lowest BCUT2D eigenvalue weighted by molar-refractivity contribution is 0.146. The zero-order valence-electron chi connectivity index (χ0n) is 13.0. The number of nitrogens with zero attached hydrogens (tertiary/aromatic N) is 3. The zero-order valence-corrected chi connectivity index (χ0v) is 16.0. The molecule has 25 heavy (non-hydrogen) atoms. The smallest absolute Gasteiger partial charge is 0.282 e. The number of nitrogens with one attached hydrogen (secondary N) is 1. The van der Waals surface area contributed by atoms with Crippen LogP contribution in [0, 0.1) is 6.92 Å². The highest BCUT2D eigenvalue weighted by Crippen LogP contribution is 2.32. The first-order chi connectivity index (χ1) is 11.7. The van der Waals surface area contributed by atoms with Gasteiger partial charge in [0.1, 0.15) is 34.0 Å². The number of alkyl halides is 2. The van der Waals surface area contributed by atoms with E-state index in [1.165, 1.54) is 13.0 Å². The Hall–Kier alpha value is -1.15. The van der Waals surface area contributed by atoms with Crippen molar-refractivity contribution in [3.05, 3.63) is 37.8 Å². The highest BCUT2D eigenvalue weighted by Gasteiger charge is 2.20. The molecule has 5 nitrogen and oxygen atoms in total. The van der Waals surface area contributed by atoms with E-state index in [4.69, 9.17) is 51.1 Å². The predicted octanol–water partition coefficient (Wildman–Crippen LogP) is 5.61. The first-order valence-electron chi connectivity index (χ1n) is 6.92. The predicted molar refractivity (Wildman–Crippen MR) is 94.6 cm³/mol. The lowest BCUT2D eigenvalue weighted by Gasteiger charge is -2.18. The van der Waals surface area contributed by atoms with E-state index in [9.17, 15) is 8.78 Å². The maximum atomic E-state index is 12.9. The van der Waals surface area contributed by atoms with Crippen LogP contribution in [0.3, 0.4) is 0 Å². The normalized spacial score (nSPS) is 12.4. The second-order valence-corrected chi connectivity index (χ2v) is 6.57. The van der Waals surface area contributed by atoms with Crippen LogP contribution in [0.5, 0.6) is 5.88 Å². The number of aromatic nitrogens is 3. The number of aryl methyl sites for hydroxylation is 1. The minimum Gasteiger partial charge on any atom is -0.474 e. The quantitative estimate of drug-likeness (QED) is 0.602. The molecule has 0 saturated heterocycles. The van der Waals surface area contributed by atoms with Crippen molar-refractivity contribution in [2.45, 2.75) is 26.3 Å². The van der Waals surface area contributed by atoms with E-state index in [0.29, 0.717) is 0 Å². The van der Waals surface area contributed by atoms with Crippen LogP contribution >= 0.6 is 46.4 Å². The fourth-order valence-electron chi connectivity index (χ4n) is 1.83. The van der Waals surface area contributed by atoms with E-state index < -0.39 is 12.1 Å². The van der Waals surface area contributed by atoms with E-state index in [0.717, 1.165) is 0 Å². The number of anilines is 1. The lowest BCUT2D eigenvalue weighted by Crippen LogP contribution is -2.25. The second-order valence-electron chi connectivity index (χ2n) is 5.02. The molecule has 1 N–H and O–H groups in total. The number of ether oxygens (including phenoxy) is 1. The molecule has 2 aromatic heterocycles. The fourth-order valence-corrected chi connectivity index (χ4v) is 2.60. The molecule has 0 unspecified atom stereocenters. The molecule has 0 bridgehead atoms. The van der Waals surface area contributed by atoms with Crippen molar-refractivity contribution < 1.29 is 13.5 Å². The third kappa shape index (κ3) is 5.17. The van der Waals surface area contributed by atoms with Gasteiger partial charge < -0.3 is 10.1 Å². The van der Waals surface area contributed by atoms with Crippen molar-refractivity contribution in [3.8, 4) is 5.88 Å². The summed E-state index contributed by atoms with van der Waals surface area (Å²) in [5.74, 6) is 0.362. The van der Waals surface area contributed by atoms with Gasteiger partial charge in [0.05, 0.1) is 11.1 Å². The van der Waals surface area contributed by atoms with Gasteiger partial charge in [-0.15, -0.1) is 0 Å². The van der Waals surface area contributed by atoms with E-state index >= 15 is 0 Å². The van der Waals surface area contributed by atoms with Gasteiger partial charge in [0.15, 0.2) is 5.15 Å². The minimum atomic E-state index is -2.81. The van der Waals surface area contributed by atoms with Crippen molar-refractivity contribution in [3.63, 3.8) is 0 Å². The van der Waals surface area contributed by atoms with Gasteiger partial charge in [-0.25, -0.2) is 18.7 Å². The SMILES string of the molecule is Cc1nc(N[C@@H](C)COc2nc(Cl)c(Cl)cc2Cl)c(Cl)c(C(F)F)n1. The van der Waals surface area contributed by atoms with Gasteiger partial charge in [0.2, 0.25) is 5.88 Å². The third-order valence-electron chi connectivity index (χ3n) is 2.90. The molecular formula is C14H12Cl4F2N4O. The van der Waals surface area contributed by atoms with Gasteiger partial charge in [0.25, 0.3) is 6.43 Å². The fraction of sp³-hybridized carbons (Fsp3) is 0.357. The highest BCUT2D eigenvalue weighted by molar-refractivity contribution is 6.42. The Morgan fingerprint density at radius 2 is 1.80 bits per heavy atom. The van der Waals surface area contributed by atoms with Gasteiger partial charge in [0, 0.05) is 0 Å². The number of hydrogen-bond donors (Lipinski definition) is 1. The van der Waals surface area contributed by atoms with Crippen LogP contribution in [0.1, 0.15) is 24.9 Å². The van der Waals surface area contributed by atoms with Gasteiger partial charge in [-0.2, -0.15) is 4.98 Å². The molecule has 2 rings (SSSR count). The van der Waals surface area contributed by atoms with Crippen LogP contribution in [0.15, 0.2) is 6.07 Å². The monoisotopic (exact) mass is 430 g/mol. The van der Waals surface area contributed by atoms with E-state index in [1.807, 2.05) is 0 Å². The Morgan fingerprint density at radius 1 is 1.12 bits per heavy atom. The van der Waals surface area contributed by atoms with Crippen molar-refractivity contribution in [2.75, 3.05) is 11.9 Å². The Balaban J connectivity index is 2.08. The molecule has 2 heterocycles. The molecule has 0 spiro atoms. The van der Waals surface area contributed by atoms with Crippen molar-refractivity contribution in [1.29, 1.82) is 0 Å². The first-order valence-corrected chi connectivity index (χ1v) is 8.43. The van der Waals surface area contributed by atoms with Gasteiger partial charge >= 0.3 is 0 Å². The van der Waals surface area contributed by atoms with Crippen LogP contribution < -0.4 is 10.1 Å². The number of pyridine rings is 1. The Kier molecular flexibility index (Phi) is 6.85. The van der Waals surface area contributed by atoms with Crippen LogP contribution in [0.2, 0.25) is 20.2 Å². The summed E-state index contributed by atoms with van der Waals surface area (Å²) < 4.78 is 31.3. The van der Waals surface area contributed by atoms with Crippen LogP contribution in [-0.2, 0) is 0 Å². The standard InChI is InChI=1S/C14H12Cl4F2N4O/c1-5(4-25-14-8(16)3-7(15)11(18)24-14)21-13-9(17)10(12(19)20)22-6(2)23-13/h3,5,12H,4H2,1-2H3,(H,21,22,23)/t5-/m0/s1. The van der Waals surface area contributed by atoms with Crippen molar-refractivity contribution in [1.82, 2.24) is 15.0 Å². The molecule has 1 atom stereocenters. The molecule has 0 amide bonds. The third-order valence-corrected chi connectivity index (χ3v) is 4.22. The van der Waals surface area contributed by atoms with Crippen molar-refractivity contribution >= 4 is 52.2 Å². The van der Waals surface area contributed by atoms with Crippen LogP contribution in [0.25, 0.3) is 0 Å². The summed E-state index contributed by atoms with van der Waals surface area (Å²) in [7, 11) is 0. The van der Waals surface area contributed by atoms with E-state index in [2.05, 4.69) is 20.3 Å². The molecular weight excluding hydrogens is 420 g/mol. The summed E-state index contributed by atoms with van der Waals surface area (Å²) in [6.45, 7) is 3.32. The topological polar surface area (TPSA) is 59.9 Å². The zero-order chi connectivity index (χ0) is 18.7. The molecule has 2 aromatic rings. The molecule has 0 aromatic carbocycles. The van der Waals surface area contributed by atoms with Gasteiger partial charge in [-0.1, -0.05) is 46.4 Å². The average molecular weight is 432 g/mol. The molecule has 136 valence electrons. The summed E-state index contributed by atoms with van der Waals surface area (Å²) in [6.07, 6.45) is -2.81. The molecule has 0 saturated carbocycles. The molecule has 11 heteroatoms. The first kappa shape index (κ1) is 20.2. The largest absolute Gasteiger partial charge is 0.474 e. The number of rotatable bonds is 6. The lowest BCUT2D eigenvalue weighted by atomic mass is 10.3. The van der Waals surface area contributed by atoms with E-state index in [-0.39, 0.29) is 50.4 Å². The van der Waals surface area contributed by atoms with E-state index in [1.54, 1.807) is 6.92 Å². The minimum absolute atomic E-state index is 0.0534. The maximum Gasteiger partial charge on any atom is 0.282 e. The van der Waals surface area contributed by atoms with Crippen LogP contribution in [-0.4, -0.2) is 27.6 Å². The maximum absolute atomic E-state index is 12.9.